The predicted octanol–water partition coefficient (Wildman–Crippen LogP) is 3.35. The molecule has 0 N–H and O–H groups in total. The topological polar surface area (TPSA) is 0 Å². The summed E-state index contributed by atoms with van der Waals surface area (Å²) in [5.74, 6) is 1.47. The Kier molecular flexibility index (Phi) is 10.9. The molecule has 2 aliphatic carbocycles. The third-order valence-electron chi connectivity index (χ3n) is 7.35. The molecule has 0 bridgehead atoms. The van der Waals surface area contributed by atoms with Crippen LogP contribution in [0.1, 0.15) is 95.9 Å². The van der Waals surface area contributed by atoms with Crippen LogP contribution in [0.5, 0.6) is 0 Å². The molecule has 0 aromatic heterocycles. The van der Waals surface area contributed by atoms with E-state index in [1.807, 2.05) is 0 Å². The minimum absolute atomic E-state index is 0. The Morgan fingerprint density at radius 1 is 0.710 bits per heavy atom. The van der Waals surface area contributed by atoms with Crippen molar-refractivity contribution in [1.82, 2.24) is 0 Å². The molecule has 176 valence electrons. The van der Waals surface area contributed by atoms with Gasteiger partial charge >= 0.3 is 195 Å². The van der Waals surface area contributed by atoms with Gasteiger partial charge in [-0.15, -0.1) is 0 Å². The monoisotopic (exact) mass is 542 g/mol. The number of hydrogen-bond acceptors (Lipinski definition) is 0. The number of allylic oxidation sites excluding steroid dienone is 8. The van der Waals surface area contributed by atoms with Gasteiger partial charge in [0.25, 0.3) is 0 Å². The van der Waals surface area contributed by atoms with Crippen LogP contribution in [0.2, 0.25) is 6.25 Å². The molecule has 0 spiro atoms. The SMILES string of the molecule is CC1=C(C(C)(C)CC(C)C)C=C[C]1(C)[Zr+2][C]1(C)C=CC(C(C)(C)CC(C)C)=C1C.[Cl-].[Cl-]. The van der Waals surface area contributed by atoms with E-state index >= 15 is 0 Å². The molecule has 0 heterocycles. The Morgan fingerprint density at radius 3 is 1.26 bits per heavy atom. The second-order valence-corrected chi connectivity index (χ2v) is 18.0. The van der Waals surface area contributed by atoms with Gasteiger partial charge in [-0.2, -0.15) is 0 Å². The summed E-state index contributed by atoms with van der Waals surface area (Å²) in [6.45, 7) is 29.1. The van der Waals surface area contributed by atoms with Gasteiger partial charge in [0.2, 0.25) is 0 Å². The van der Waals surface area contributed by atoms with E-state index in [1.165, 1.54) is 12.8 Å². The fourth-order valence-electron chi connectivity index (χ4n) is 6.10. The predicted molar refractivity (Wildman–Crippen MR) is 127 cm³/mol. The van der Waals surface area contributed by atoms with Crippen LogP contribution in [0.25, 0.3) is 0 Å². The minimum Gasteiger partial charge on any atom is -1.00 e. The molecule has 0 aromatic rings. The van der Waals surface area contributed by atoms with Crippen molar-refractivity contribution in [3.05, 3.63) is 46.6 Å². The standard InChI is InChI=1S/2C14H23.2ClH.Zr/c2*1-10(2)9-14(5,6)13-8-7-11(3)12(13)4;;;/h2*7-8,10H,9H2,1-6H3;2*1H;/q;;;;+2/p-2. The first-order valence-electron chi connectivity index (χ1n) is 11.7. The van der Waals surface area contributed by atoms with Gasteiger partial charge in [-0.05, 0) is 0 Å². The third-order valence-corrected chi connectivity index (χ3v) is 12.6. The van der Waals surface area contributed by atoms with Crippen molar-refractivity contribution in [3.63, 3.8) is 0 Å². The normalized spacial score (nSPS) is 26.0. The minimum atomic E-state index is -0.806. The van der Waals surface area contributed by atoms with Crippen LogP contribution in [0.3, 0.4) is 0 Å². The fourth-order valence-corrected chi connectivity index (χ4v) is 11.2. The Balaban J connectivity index is 0.00000450. The van der Waals surface area contributed by atoms with E-state index in [9.17, 15) is 0 Å². The molecule has 0 amide bonds. The molecule has 0 radical (unpaired) electrons. The van der Waals surface area contributed by atoms with E-state index in [2.05, 4.69) is 107 Å². The Hall–Kier alpha value is 0.423. The van der Waals surface area contributed by atoms with Crippen molar-refractivity contribution in [3.8, 4) is 0 Å². The van der Waals surface area contributed by atoms with E-state index in [1.54, 1.807) is 22.3 Å². The van der Waals surface area contributed by atoms with Gasteiger partial charge < -0.3 is 24.8 Å². The summed E-state index contributed by atoms with van der Waals surface area (Å²) >= 11 is -0.806. The van der Waals surface area contributed by atoms with Crippen molar-refractivity contribution in [2.45, 2.75) is 102 Å². The van der Waals surface area contributed by atoms with Crippen molar-refractivity contribution < 1.29 is 48.0 Å². The molecule has 0 saturated carbocycles. The van der Waals surface area contributed by atoms with E-state index < -0.39 is 23.2 Å². The van der Waals surface area contributed by atoms with Gasteiger partial charge in [0.05, 0.1) is 0 Å². The van der Waals surface area contributed by atoms with Gasteiger partial charge in [0.15, 0.2) is 0 Å². The van der Waals surface area contributed by atoms with Crippen LogP contribution in [-0.4, -0.2) is 0 Å². The second kappa shape index (κ2) is 10.8. The first-order chi connectivity index (χ1) is 13.0. The maximum atomic E-state index is 2.58. The van der Waals surface area contributed by atoms with Crippen LogP contribution in [0, 0.1) is 22.7 Å². The van der Waals surface area contributed by atoms with Crippen molar-refractivity contribution >= 4 is 0 Å². The number of hydrogen-bond donors (Lipinski definition) is 0. The molecular weight excluding hydrogens is 498 g/mol. The first kappa shape index (κ1) is 31.4. The van der Waals surface area contributed by atoms with E-state index in [-0.39, 0.29) is 35.6 Å². The summed E-state index contributed by atoms with van der Waals surface area (Å²) in [5.41, 5.74) is 7.09. The van der Waals surface area contributed by atoms with Crippen molar-refractivity contribution in [2.24, 2.45) is 22.7 Å². The number of rotatable bonds is 8. The first-order valence-corrected chi connectivity index (χ1v) is 14.1. The Bertz CT molecular complexity index is 700. The molecule has 2 atom stereocenters. The molecule has 0 fully saturated rings. The van der Waals surface area contributed by atoms with E-state index in [4.69, 9.17) is 0 Å². The zero-order valence-corrected chi connectivity index (χ0v) is 26.1. The van der Waals surface area contributed by atoms with Crippen LogP contribution < -0.4 is 24.8 Å². The largest absolute Gasteiger partial charge is 1.00 e. The van der Waals surface area contributed by atoms with Gasteiger partial charge in [0.1, 0.15) is 0 Å². The summed E-state index contributed by atoms with van der Waals surface area (Å²) in [6.07, 6.45) is 12.7. The van der Waals surface area contributed by atoms with Gasteiger partial charge in [-0.1, -0.05) is 0 Å². The van der Waals surface area contributed by atoms with Crippen molar-refractivity contribution in [2.75, 3.05) is 0 Å². The molecule has 2 unspecified atom stereocenters. The summed E-state index contributed by atoms with van der Waals surface area (Å²) < 4.78 is 0.621. The molecule has 3 heteroatoms. The van der Waals surface area contributed by atoms with Crippen molar-refractivity contribution in [1.29, 1.82) is 0 Å². The Morgan fingerprint density at radius 2 is 1.00 bits per heavy atom. The maximum absolute atomic E-state index is 2.58. The fraction of sp³-hybridized carbons (Fsp3) is 0.714. The molecular formula is C28H46Cl2Zr. The van der Waals surface area contributed by atoms with Crippen LogP contribution in [0.4, 0.5) is 0 Å². The molecule has 0 saturated heterocycles. The summed E-state index contributed by atoms with van der Waals surface area (Å²) in [5, 5.41) is 0. The summed E-state index contributed by atoms with van der Waals surface area (Å²) in [4.78, 5) is 0. The average molecular weight is 545 g/mol. The third kappa shape index (κ3) is 6.73. The number of halogens is 2. The van der Waals surface area contributed by atoms with Gasteiger partial charge in [-0.3, -0.25) is 0 Å². The summed E-state index contributed by atoms with van der Waals surface area (Å²) in [7, 11) is 0. The smallest absolute Gasteiger partial charge is 1.00 e. The maximum Gasteiger partial charge on any atom is -1.00 e. The van der Waals surface area contributed by atoms with Gasteiger partial charge in [-0.25, -0.2) is 0 Å². The van der Waals surface area contributed by atoms with Crippen LogP contribution in [-0.2, 0) is 23.2 Å². The molecule has 0 aromatic carbocycles. The van der Waals surface area contributed by atoms with Crippen LogP contribution in [0.15, 0.2) is 46.6 Å². The molecule has 2 aliphatic rings. The molecule has 31 heavy (non-hydrogen) atoms. The van der Waals surface area contributed by atoms with E-state index in [0.29, 0.717) is 6.25 Å². The zero-order chi connectivity index (χ0) is 22.4. The molecule has 0 aliphatic heterocycles. The average Bonchev–Trinajstić information content (AvgIpc) is 2.95. The second-order valence-electron chi connectivity index (χ2n) is 12.2. The van der Waals surface area contributed by atoms with E-state index in [0.717, 1.165) is 11.8 Å². The van der Waals surface area contributed by atoms with Crippen LogP contribution >= 0.6 is 0 Å². The molecule has 2 rings (SSSR count). The summed E-state index contributed by atoms with van der Waals surface area (Å²) in [6, 6.07) is 0. The quantitative estimate of drug-likeness (QED) is 0.440. The molecule has 0 nitrogen and oxygen atoms in total. The van der Waals surface area contributed by atoms with Gasteiger partial charge in [0, 0.05) is 0 Å². The zero-order valence-electron chi connectivity index (χ0n) is 22.1. The Labute approximate surface area is 218 Å².